The van der Waals surface area contributed by atoms with Gasteiger partial charge in [0, 0.05) is 23.6 Å². The van der Waals surface area contributed by atoms with Crippen molar-refractivity contribution in [2.75, 3.05) is 28.4 Å². The van der Waals surface area contributed by atoms with Crippen molar-refractivity contribution in [2.24, 2.45) is 0 Å². The molecule has 6 rings (SSSR count). The minimum Gasteiger partial charge on any atom is -0.465 e. The Morgan fingerprint density at radius 3 is 2.02 bits per heavy atom. The zero-order chi connectivity index (χ0) is 34.7. The van der Waals surface area contributed by atoms with Gasteiger partial charge >= 0.3 is 29.6 Å². The Labute approximate surface area is 282 Å². The molecule has 0 radical (unpaired) electrons. The molecule has 0 amide bonds. The lowest BCUT2D eigenvalue weighted by Gasteiger charge is -2.18. The molecule has 1 aliphatic carbocycles. The molecule has 9 heteroatoms. The quantitative estimate of drug-likeness (QED) is 0.0838. The number of benzene rings is 4. The predicted octanol–water partition coefficient (Wildman–Crippen LogP) is 6.24. The molecule has 1 unspecified atom stereocenters. The van der Waals surface area contributed by atoms with Gasteiger partial charge in [-0.05, 0) is 52.1 Å². The molecule has 4 aromatic carbocycles. The minimum absolute atomic E-state index is 0.0318. The fourth-order valence-electron chi connectivity index (χ4n) is 6.37. The van der Waals surface area contributed by atoms with Gasteiger partial charge in [-0.2, -0.15) is 4.57 Å². The van der Waals surface area contributed by atoms with E-state index in [4.69, 9.17) is 18.9 Å². The largest absolute Gasteiger partial charge is 0.465 e. The predicted molar refractivity (Wildman–Crippen MR) is 183 cm³/mol. The lowest BCUT2D eigenvalue weighted by Crippen LogP contribution is -2.40. The number of carbonyl (C=O) groups is 4. The van der Waals surface area contributed by atoms with Gasteiger partial charge in [-0.25, -0.2) is 19.2 Å². The summed E-state index contributed by atoms with van der Waals surface area (Å²) >= 11 is 0. The summed E-state index contributed by atoms with van der Waals surface area (Å²) in [6, 6.07) is 29.0. The summed E-state index contributed by atoms with van der Waals surface area (Å²) in [5, 5.41) is 0.790. The number of fused-ring (bicyclic) bond motifs is 4. The number of hydrogen-bond donors (Lipinski definition) is 0. The summed E-state index contributed by atoms with van der Waals surface area (Å²) in [6.07, 6.45) is 5.56. The number of carbonyl (C=O) groups excluding carboxylic acids is 4. The van der Waals surface area contributed by atoms with Gasteiger partial charge < -0.3 is 18.9 Å². The van der Waals surface area contributed by atoms with Crippen LogP contribution < -0.4 is 4.57 Å². The standard InChI is InChI=1S/C40H32NO8/c1-46-37(42)26-20-17-24(18-21-26)16-19-25-22-23-41(32-15-8-7-10-27(25)32)36(40(45)49-4)35(39(44)48-3)34-29-12-6-5-11-28(29)33-30(34)13-9-14-31(33)38(43)47-2/h5-23,34H,1-4H3/q+1/b19-16+,36-35-. The number of para-hydroxylation sites is 1. The van der Waals surface area contributed by atoms with Crippen LogP contribution in [0.3, 0.4) is 0 Å². The zero-order valence-electron chi connectivity index (χ0n) is 27.3. The monoisotopic (exact) mass is 654 g/mol. The third-order valence-corrected chi connectivity index (χ3v) is 8.59. The average Bonchev–Trinajstić information content (AvgIpc) is 3.49. The molecule has 1 atom stereocenters. The molecule has 0 bridgehead atoms. The Morgan fingerprint density at radius 2 is 1.31 bits per heavy atom. The van der Waals surface area contributed by atoms with Gasteiger partial charge in [0.2, 0.25) is 5.52 Å². The number of pyridine rings is 1. The highest BCUT2D eigenvalue weighted by Crippen LogP contribution is 2.50. The van der Waals surface area contributed by atoms with Crippen molar-refractivity contribution in [1.29, 1.82) is 0 Å². The minimum atomic E-state index is -0.781. The number of rotatable bonds is 8. The van der Waals surface area contributed by atoms with Crippen molar-refractivity contribution >= 4 is 52.6 Å². The molecule has 0 saturated heterocycles. The lowest BCUT2D eigenvalue weighted by atomic mass is 9.87. The Balaban J connectivity index is 1.57. The average molecular weight is 655 g/mol. The molecule has 0 aliphatic heterocycles. The van der Waals surface area contributed by atoms with Gasteiger partial charge in [0.1, 0.15) is 5.57 Å². The summed E-state index contributed by atoms with van der Waals surface area (Å²) in [5.41, 5.74) is 5.86. The second-order valence-electron chi connectivity index (χ2n) is 11.1. The normalized spacial score (nSPS) is 13.7. The number of methoxy groups -OCH3 is 4. The van der Waals surface area contributed by atoms with Crippen LogP contribution in [0.5, 0.6) is 0 Å². The molecular weight excluding hydrogens is 622 g/mol. The fraction of sp³-hybridized carbons (Fsp3) is 0.125. The molecule has 0 fully saturated rings. The van der Waals surface area contributed by atoms with Crippen LogP contribution in [0.2, 0.25) is 0 Å². The lowest BCUT2D eigenvalue weighted by molar-refractivity contribution is -0.550. The van der Waals surface area contributed by atoms with Crippen molar-refractivity contribution < 1.29 is 42.7 Å². The number of aromatic nitrogens is 1. The van der Waals surface area contributed by atoms with Crippen molar-refractivity contribution in [3.05, 3.63) is 142 Å². The number of ether oxygens (including phenoxy) is 4. The van der Waals surface area contributed by atoms with Crippen LogP contribution in [0.4, 0.5) is 0 Å². The van der Waals surface area contributed by atoms with E-state index in [0.717, 1.165) is 27.6 Å². The van der Waals surface area contributed by atoms with Gasteiger partial charge in [-0.3, -0.25) is 0 Å². The molecule has 1 aromatic heterocycles. The first kappa shape index (κ1) is 32.6. The van der Waals surface area contributed by atoms with Crippen LogP contribution in [0.15, 0.2) is 109 Å². The Bertz CT molecular complexity index is 2200. The second kappa shape index (κ2) is 13.8. The van der Waals surface area contributed by atoms with Crippen LogP contribution in [-0.4, -0.2) is 52.3 Å². The van der Waals surface area contributed by atoms with Crippen LogP contribution in [0, 0.1) is 0 Å². The molecule has 244 valence electrons. The number of esters is 4. The highest BCUT2D eigenvalue weighted by Gasteiger charge is 2.44. The fourth-order valence-corrected chi connectivity index (χ4v) is 6.37. The van der Waals surface area contributed by atoms with Crippen LogP contribution in [-0.2, 0) is 28.5 Å². The molecule has 49 heavy (non-hydrogen) atoms. The molecule has 0 spiro atoms. The van der Waals surface area contributed by atoms with E-state index < -0.39 is 29.8 Å². The highest BCUT2D eigenvalue weighted by molar-refractivity contribution is 6.16. The summed E-state index contributed by atoms with van der Waals surface area (Å²) in [4.78, 5) is 52.6. The van der Waals surface area contributed by atoms with E-state index >= 15 is 0 Å². The Morgan fingerprint density at radius 1 is 0.633 bits per heavy atom. The summed E-state index contributed by atoms with van der Waals surface area (Å²) in [6.45, 7) is 0. The third-order valence-electron chi connectivity index (χ3n) is 8.59. The summed E-state index contributed by atoms with van der Waals surface area (Å²) in [5.74, 6) is -3.20. The van der Waals surface area contributed by atoms with Crippen LogP contribution in [0.25, 0.3) is 39.9 Å². The molecule has 0 N–H and O–H groups in total. The van der Waals surface area contributed by atoms with Gasteiger partial charge in [-0.15, -0.1) is 0 Å². The van der Waals surface area contributed by atoms with E-state index in [1.807, 2.05) is 84.9 Å². The van der Waals surface area contributed by atoms with Gasteiger partial charge in [0.05, 0.1) is 45.0 Å². The van der Waals surface area contributed by atoms with Gasteiger partial charge in [0.15, 0.2) is 6.20 Å². The van der Waals surface area contributed by atoms with Crippen molar-refractivity contribution in [1.82, 2.24) is 0 Å². The van der Waals surface area contributed by atoms with E-state index in [1.54, 1.807) is 35.0 Å². The van der Waals surface area contributed by atoms with E-state index in [2.05, 4.69) is 0 Å². The first-order chi connectivity index (χ1) is 23.8. The van der Waals surface area contributed by atoms with Gasteiger partial charge in [0.25, 0.3) is 0 Å². The second-order valence-corrected chi connectivity index (χ2v) is 11.1. The Kier molecular flexibility index (Phi) is 9.17. The van der Waals surface area contributed by atoms with Crippen molar-refractivity contribution in [3.63, 3.8) is 0 Å². The maximum atomic E-state index is 13.9. The smallest absolute Gasteiger partial charge is 0.404 e. The third kappa shape index (κ3) is 5.87. The summed E-state index contributed by atoms with van der Waals surface area (Å²) in [7, 11) is 5.17. The molecule has 9 nitrogen and oxygen atoms in total. The number of hydrogen-bond acceptors (Lipinski definition) is 8. The maximum absolute atomic E-state index is 13.9. The molecule has 5 aromatic rings. The number of nitrogens with zero attached hydrogens (tertiary/aromatic N) is 1. The first-order valence-electron chi connectivity index (χ1n) is 15.3. The topological polar surface area (TPSA) is 109 Å². The first-order valence-corrected chi connectivity index (χ1v) is 15.3. The van der Waals surface area contributed by atoms with Crippen molar-refractivity contribution in [2.45, 2.75) is 5.92 Å². The summed E-state index contributed by atoms with van der Waals surface area (Å²) < 4.78 is 22.2. The Hall–Kier alpha value is -6.35. The zero-order valence-corrected chi connectivity index (χ0v) is 27.3. The van der Waals surface area contributed by atoms with Crippen LogP contribution in [0.1, 0.15) is 48.9 Å². The van der Waals surface area contributed by atoms with E-state index in [9.17, 15) is 19.2 Å². The molecule has 1 heterocycles. The highest BCUT2D eigenvalue weighted by atomic mass is 16.5. The molecule has 0 saturated carbocycles. The molecule has 1 aliphatic rings. The SMILES string of the molecule is COC(=O)/C(=C(/C(=O)OC)[n+]1ccc(/C=C/c2ccc(C(=O)OC)cc2)c2ccccc21)C1c2ccccc2-c2c(C(=O)OC)cccc21. The van der Waals surface area contributed by atoms with E-state index in [-0.39, 0.29) is 11.3 Å². The van der Waals surface area contributed by atoms with E-state index in [1.165, 1.54) is 28.4 Å². The van der Waals surface area contributed by atoms with Crippen molar-refractivity contribution in [3.8, 4) is 11.1 Å². The van der Waals surface area contributed by atoms with E-state index in [0.29, 0.717) is 27.8 Å². The molecular formula is C40H32NO8+. The maximum Gasteiger partial charge on any atom is 0.404 e. The van der Waals surface area contributed by atoms with Crippen LogP contribution >= 0.6 is 0 Å². The van der Waals surface area contributed by atoms with Gasteiger partial charge in [-0.1, -0.05) is 72.8 Å².